The number of aliphatic hydroxyl groups is 2. The molecule has 2 N–H and O–H groups in total. The Morgan fingerprint density at radius 2 is 1.50 bits per heavy atom. The molecule has 0 aromatic heterocycles. The summed E-state index contributed by atoms with van der Waals surface area (Å²) in [5.41, 5.74) is 0. The van der Waals surface area contributed by atoms with Crippen molar-refractivity contribution in [2.45, 2.75) is 12.7 Å². The van der Waals surface area contributed by atoms with E-state index in [1.165, 1.54) is 0 Å². The van der Waals surface area contributed by atoms with Crippen LogP contribution in [0.4, 0.5) is 0 Å². The lowest BCUT2D eigenvalue weighted by Gasteiger charge is -1.85. The lowest BCUT2D eigenvalue weighted by Crippen LogP contribution is -1.85. The van der Waals surface area contributed by atoms with Crippen molar-refractivity contribution in [2.24, 2.45) is 0 Å². The van der Waals surface area contributed by atoms with Crippen LogP contribution < -0.4 is 0 Å². The minimum atomic E-state index is -3.60. The van der Waals surface area contributed by atoms with E-state index < -0.39 is 25.9 Å². The van der Waals surface area contributed by atoms with Crippen LogP contribution in [0.15, 0.2) is 0 Å². The SMILES string of the molecule is [2H]C([2H])(O)C([2H])([2H])C([2H])([2H])C([2H])([2H])O. The molecule has 0 aromatic rings. The van der Waals surface area contributed by atoms with Gasteiger partial charge >= 0.3 is 0 Å². The van der Waals surface area contributed by atoms with Crippen molar-refractivity contribution in [3.63, 3.8) is 0 Å². The average molecular weight is 98.2 g/mol. The van der Waals surface area contributed by atoms with Crippen LogP contribution in [-0.4, -0.2) is 23.3 Å². The summed E-state index contributed by atoms with van der Waals surface area (Å²) >= 11 is 0. The highest BCUT2D eigenvalue weighted by molar-refractivity contribution is 4.30. The third-order valence-corrected chi connectivity index (χ3v) is 0.174. The van der Waals surface area contributed by atoms with E-state index in [2.05, 4.69) is 0 Å². The van der Waals surface area contributed by atoms with Gasteiger partial charge in [-0.25, -0.2) is 0 Å². The standard InChI is InChI=1S/C4H10O2/c5-3-1-2-4-6/h5-6H,1-4H2/i1D2,2D2,3D2,4D2. The second kappa shape index (κ2) is 4.92. The lowest BCUT2D eigenvalue weighted by atomic mass is 10.3. The summed E-state index contributed by atoms with van der Waals surface area (Å²) < 4.78 is 54.0. The van der Waals surface area contributed by atoms with Crippen molar-refractivity contribution in [1.29, 1.82) is 0 Å². The third-order valence-electron chi connectivity index (χ3n) is 0.174. The van der Waals surface area contributed by atoms with E-state index in [9.17, 15) is 0 Å². The maximum Gasteiger partial charge on any atom is 0.0564 e. The van der Waals surface area contributed by atoms with Crippen molar-refractivity contribution in [1.82, 2.24) is 0 Å². The predicted octanol–water partition coefficient (Wildman–Crippen LogP) is -0.249. The second-order valence-corrected chi connectivity index (χ2v) is 0.474. The largest absolute Gasteiger partial charge is 0.396 e. The van der Waals surface area contributed by atoms with Gasteiger partial charge in [0.25, 0.3) is 0 Å². The molecular weight excluding hydrogens is 80.0 g/mol. The molecule has 0 radical (unpaired) electrons. The van der Waals surface area contributed by atoms with Crippen LogP contribution in [0, 0.1) is 0 Å². The number of hydrogen-bond acceptors (Lipinski definition) is 2. The summed E-state index contributed by atoms with van der Waals surface area (Å²) in [5.74, 6) is 0. The molecule has 0 heterocycles. The van der Waals surface area contributed by atoms with Crippen molar-refractivity contribution < 1.29 is 21.2 Å². The summed E-state index contributed by atoms with van der Waals surface area (Å²) in [4.78, 5) is 0. The van der Waals surface area contributed by atoms with Crippen LogP contribution in [0.1, 0.15) is 23.7 Å². The lowest BCUT2D eigenvalue weighted by molar-refractivity contribution is 0.242. The zero-order valence-electron chi connectivity index (χ0n) is 10.9. The molecule has 0 aromatic carbocycles. The van der Waals surface area contributed by atoms with Crippen molar-refractivity contribution >= 4 is 0 Å². The zero-order valence-corrected chi connectivity index (χ0v) is 2.89. The zero-order chi connectivity index (χ0) is 12.0. The molecular formula is C4H10O2. The second-order valence-electron chi connectivity index (χ2n) is 0.474. The molecule has 0 rings (SSSR count). The molecule has 6 heavy (non-hydrogen) atoms. The van der Waals surface area contributed by atoms with Crippen LogP contribution in [0.2, 0.25) is 0 Å². The molecule has 0 saturated heterocycles. The molecule has 0 fully saturated rings. The molecule has 0 aliphatic carbocycles. The Morgan fingerprint density at radius 1 is 1.17 bits per heavy atom. The van der Waals surface area contributed by atoms with E-state index in [-0.39, 0.29) is 0 Å². The molecule has 0 aliphatic heterocycles. The Morgan fingerprint density at radius 3 is 1.67 bits per heavy atom. The van der Waals surface area contributed by atoms with Crippen LogP contribution in [0.5, 0.6) is 0 Å². The van der Waals surface area contributed by atoms with Gasteiger partial charge < -0.3 is 10.2 Å². The van der Waals surface area contributed by atoms with E-state index in [4.69, 9.17) is 21.2 Å². The Balaban J connectivity index is 5.30. The monoisotopic (exact) mass is 98.1 g/mol. The van der Waals surface area contributed by atoms with Gasteiger partial charge in [0, 0.05) is 18.6 Å². The van der Waals surface area contributed by atoms with Crippen LogP contribution >= 0.6 is 0 Å². The normalized spacial score (nSPS) is 38.3. The summed E-state index contributed by atoms with van der Waals surface area (Å²) in [6.07, 6.45) is -7.17. The Bertz CT molecular complexity index is 188. The van der Waals surface area contributed by atoms with Crippen molar-refractivity contribution in [3.8, 4) is 0 Å². The first-order valence-corrected chi connectivity index (χ1v) is 1.20. The summed E-state index contributed by atoms with van der Waals surface area (Å²) in [5, 5.41) is 17.4. The predicted molar refractivity (Wildman–Crippen MR) is 23.4 cm³/mol. The van der Waals surface area contributed by atoms with Gasteiger partial charge in [0.15, 0.2) is 0 Å². The topological polar surface area (TPSA) is 40.5 Å². The minimum Gasteiger partial charge on any atom is -0.396 e. The molecule has 0 saturated carbocycles. The average Bonchev–Trinajstić information content (AvgIpc) is 1.81. The van der Waals surface area contributed by atoms with Crippen molar-refractivity contribution in [3.05, 3.63) is 0 Å². The highest BCUT2D eigenvalue weighted by atomic mass is 16.3. The number of hydrogen-bond donors (Lipinski definition) is 2. The van der Waals surface area contributed by atoms with Gasteiger partial charge in [0.1, 0.15) is 0 Å². The Kier molecular flexibility index (Phi) is 0.704. The van der Waals surface area contributed by atoms with Gasteiger partial charge in [-0.1, -0.05) is 0 Å². The maximum atomic E-state index is 8.68. The Labute approximate surface area is 48.7 Å². The molecule has 0 unspecified atom stereocenters. The third kappa shape index (κ3) is 3.92. The molecule has 0 bridgehead atoms. The smallest absolute Gasteiger partial charge is 0.0564 e. The fourth-order valence-corrected chi connectivity index (χ4v) is 0.0559. The van der Waals surface area contributed by atoms with Crippen LogP contribution in [0.3, 0.4) is 0 Å². The fraction of sp³-hybridized carbons (Fsp3) is 1.00. The van der Waals surface area contributed by atoms with Crippen LogP contribution in [0.25, 0.3) is 0 Å². The molecule has 38 valence electrons. The van der Waals surface area contributed by atoms with E-state index in [1.54, 1.807) is 0 Å². The van der Waals surface area contributed by atoms with E-state index in [0.717, 1.165) is 0 Å². The highest BCUT2D eigenvalue weighted by Gasteiger charge is 1.77. The molecule has 2 heteroatoms. The van der Waals surface area contributed by atoms with Gasteiger partial charge in [-0.05, 0) is 12.7 Å². The Hall–Kier alpha value is -0.0800. The molecule has 0 spiro atoms. The van der Waals surface area contributed by atoms with E-state index >= 15 is 0 Å². The van der Waals surface area contributed by atoms with Gasteiger partial charge in [-0.3, -0.25) is 0 Å². The quantitative estimate of drug-likeness (QED) is 0.511. The van der Waals surface area contributed by atoms with Gasteiger partial charge in [0.05, 0.1) is 5.48 Å². The molecule has 0 atom stereocenters. The fourth-order valence-electron chi connectivity index (χ4n) is 0.0559. The molecule has 0 aliphatic rings. The van der Waals surface area contributed by atoms with Crippen LogP contribution in [-0.2, 0) is 0 Å². The van der Waals surface area contributed by atoms with Crippen molar-refractivity contribution in [2.75, 3.05) is 13.1 Å². The van der Waals surface area contributed by atoms with E-state index in [0.29, 0.717) is 0 Å². The molecule has 0 amide bonds. The van der Waals surface area contributed by atoms with Gasteiger partial charge in [-0.2, -0.15) is 0 Å². The minimum absolute atomic E-state index is 3.59. The number of rotatable bonds is 3. The highest BCUT2D eigenvalue weighted by Crippen LogP contribution is 1.80. The first-order valence-electron chi connectivity index (χ1n) is 5.20. The summed E-state index contributed by atoms with van der Waals surface area (Å²) in [6.45, 7) is -7.21. The molecule has 2 nitrogen and oxygen atoms in total. The van der Waals surface area contributed by atoms with Gasteiger partial charge in [0.2, 0.25) is 0 Å². The van der Waals surface area contributed by atoms with Gasteiger partial charge in [-0.15, -0.1) is 0 Å². The summed E-state index contributed by atoms with van der Waals surface area (Å²) in [6, 6.07) is 0. The summed E-state index contributed by atoms with van der Waals surface area (Å²) in [7, 11) is 0. The van der Waals surface area contributed by atoms with E-state index in [1.807, 2.05) is 0 Å². The first kappa shape index (κ1) is 0.858. The maximum absolute atomic E-state index is 8.68. The first-order chi connectivity index (χ1) is 5.75.